The molecule has 2 atom stereocenters. The lowest BCUT2D eigenvalue weighted by Gasteiger charge is -2.24. The van der Waals surface area contributed by atoms with E-state index in [1.54, 1.807) is 0 Å². The van der Waals surface area contributed by atoms with Crippen molar-refractivity contribution in [3.63, 3.8) is 0 Å². The van der Waals surface area contributed by atoms with Crippen LogP contribution in [0.1, 0.15) is 117 Å². The zero-order valence-electron chi connectivity index (χ0n) is 19.5. The molecule has 0 fully saturated rings. The predicted octanol–water partition coefficient (Wildman–Crippen LogP) is 9.16. The lowest BCUT2D eigenvalue weighted by molar-refractivity contribution is 0.103. The molecule has 2 heteroatoms. The third-order valence-corrected chi connectivity index (χ3v) is 7.40. The van der Waals surface area contributed by atoms with Crippen molar-refractivity contribution in [2.75, 3.05) is 0 Å². The molecular formula is C29H39ClO. The summed E-state index contributed by atoms with van der Waals surface area (Å²) in [4.78, 5) is 13.3. The van der Waals surface area contributed by atoms with Crippen LogP contribution in [0, 0.1) is 5.92 Å². The van der Waals surface area contributed by atoms with Crippen molar-refractivity contribution < 1.29 is 4.79 Å². The third-order valence-electron chi connectivity index (χ3n) is 7.16. The lowest BCUT2D eigenvalue weighted by Crippen LogP contribution is -2.15. The molecule has 2 aromatic carbocycles. The normalized spacial score (nSPS) is 16.9. The minimum absolute atomic E-state index is 0.157. The molecule has 1 nitrogen and oxygen atoms in total. The van der Waals surface area contributed by atoms with E-state index in [0.29, 0.717) is 5.92 Å². The minimum Gasteiger partial charge on any atom is -0.289 e. The number of benzene rings is 2. The van der Waals surface area contributed by atoms with Gasteiger partial charge in [-0.1, -0.05) is 108 Å². The maximum atomic E-state index is 13.3. The Kier molecular flexibility index (Phi) is 9.65. The van der Waals surface area contributed by atoms with Crippen LogP contribution >= 0.6 is 11.6 Å². The van der Waals surface area contributed by atoms with E-state index in [1.807, 2.05) is 30.3 Å². The molecule has 0 radical (unpaired) electrons. The highest BCUT2D eigenvalue weighted by molar-refractivity contribution is 6.30. The van der Waals surface area contributed by atoms with E-state index in [-0.39, 0.29) is 5.78 Å². The van der Waals surface area contributed by atoms with Gasteiger partial charge < -0.3 is 0 Å². The minimum atomic E-state index is 0.157. The highest BCUT2D eigenvalue weighted by Crippen LogP contribution is 2.36. The molecule has 0 heterocycles. The van der Waals surface area contributed by atoms with E-state index in [9.17, 15) is 4.79 Å². The Morgan fingerprint density at radius 2 is 1.71 bits per heavy atom. The second-order valence-corrected chi connectivity index (χ2v) is 9.80. The molecule has 2 unspecified atom stereocenters. The molecule has 31 heavy (non-hydrogen) atoms. The van der Waals surface area contributed by atoms with Crippen LogP contribution in [0.2, 0.25) is 5.02 Å². The molecule has 0 saturated heterocycles. The second-order valence-electron chi connectivity index (χ2n) is 9.36. The summed E-state index contributed by atoms with van der Waals surface area (Å²) in [7, 11) is 0. The van der Waals surface area contributed by atoms with Gasteiger partial charge in [-0.05, 0) is 60.4 Å². The summed E-state index contributed by atoms with van der Waals surface area (Å²) in [6, 6.07) is 14.0. The van der Waals surface area contributed by atoms with Gasteiger partial charge in [0, 0.05) is 16.1 Å². The van der Waals surface area contributed by atoms with Crippen molar-refractivity contribution >= 4 is 17.4 Å². The molecule has 0 aromatic heterocycles. The molecule has 1 aliphatic carbocycles. The molecule has 0 spiro atoms. The Hall–Kier alpha value is -1.60. The molecule has 0 amide bonds. The van der Waals surface area contributed by atoms with Crippen LogP contribution in [-0.2, 0) is 6.42 Å². The summed E-state index contributed by atoms with van der Waals surface area (Å²) in [5.74, 6) is 1.51. The van der Waals surface area contributed by atoms with E-state index in [4.69, 9.17) is 11.6 Å². The van der Waals surface area contributed by atoms with Gasteiger partial charge in [0.05, 0.1) is 0 Å². The number of rotatable bonds is 11. The fourth-order valence-corrected chi connectivity index (χ4v) is 5.46. The maximum Gasteiger partial charge on any atom is 0.193 e. The van der Waals surface area contributed by atoms with Crippen LogP contribution < -0.4 is 0 Å². The molecule has 1 aliphatic rings. The quantitative estimate of drug-likeness (QED) is 0.319. The van der Waals surface area contributed by atoms with E-state index in [1.165, 1.54) is 63.4 Å². The first-order chi connectivity index (χ1) is 15.1. The number of halogens is 1. The summed E-state index contributed by atoms with van der Waals surface area (Å²) >= 11 is 6.35. The topological polar surface area (TPSA) is 17.1 Å². The molecular weight excluding hydrogens is 400 g/mol. The van der Waals surface area contributed by atoms with Gasteiger partial charge in [0.2, 0.25) is 0 Å². The average Bonchev–Trinajstić information content (AvgIpc) is 2.78. The first kappa shape index (κ1) is 24.1. The molecule has 0 aliphatic heterocycles. The van der Waals surface area contributed by atoms with Crippen molar-refractivity contribution in [3.8, 4) is 0 Å². The van der Waals surface area contributed by atoms with Crippen molar-refractivity contribution in [1.82, 2.24) is 0 Å². The highest BCUT2D eigenvalue weighted by Gasteiger charge is 2.25. The Balaban J connectivity index is 1.56. The van der Waals surface area contributed by atoms with Gasteiger partial charge in [0.1, 0.15) is 0 Å². The summed E-state index contributed by atoms with van der Waals surface area (Å²) in [6.45, 7) is 4.64. The Bertz CT molecular complexity index is 840. The van der Waals surface area contributed by atoms with E-state index < -0.39 is 0 Å². The van der Waals surface area contributed by atoms with Crippen molar-refractivity contribution in [3.05, 3.63) is 69.7 Å². The number of hydrogen-bond acceptors (Lipinski definition) is 1. The van der Waals surface area contributed by atoms with Gasteiger partial charge in [-0.25, -0.2) is 0 Å². The van der Waals surface area contributed by atoms with Crippen LogP contribution in [-0.4, -0.2) is 5.78 Å². The number of aryl methyl sites for hydroxylation is 1. The Labute approximate surface area is 194 Å². The summed E-state index contributed by atoms with van der Waals surface area (Å²) < 4.78 is 0. The van der Waals surface area contributed by atoms with Crippen LogP contribution in [0.5, 0.6) is 0 Å². The number of carbonyl (C=O) groups is 1. The third kappa shape index (κ3) is 6.69. The summed E-state index contributed by atoms with van der Waals surface area (Å²) in [5.41, 5.74) is 4.06. The number of fused-ring (bicyclic) bond motifs is 2. The SMILES string of the molecule is CCCC(CC)CCCCCCCC1CCc2ccccc2C(=O)c2ccc(Cl)cc21. The smallest absolute Gasteiger partial charge is 0.193 e. The van der Waals surface area contributed by atoms with Crippen LogP contribution in [0.15, 0.2) is 42.5 Å². The largest absolute Gasteiger partial charge is 0.289 e. The standard InChI is InChI=1S/C29H39ClO/c1-3-12-22(4-2)13-8-6-5-7-9-14-24-18-17-23-15-10-11-16-26(23)29(31)27-20-19-25(30)21-28(24)27/h10-11,15-16,19-22,24H,3-9,12-14,17-18H2,1-2H3. The number of ketones is 1. The monoisotopic (exact) mass is 438 g/mol. The predicted molar refractivity (Wildman–Crippen MR) is 133 cm³/mol. The molecule has 3 rings (SSSR count). The molecule has 0 N–H and O–H groups in total. The lowest BCUT2D eigenvalue weighted by atomic mass is 9.80. The second kappa shape index (κ2) is 12.4. The molecule has 0 saturated carbocycles. The van der Waals surface area contributed by atoms with Crippen LogP contribution in [0.3, 0.4) is 0 Å². The first-order valence-corrected chi connectivity index (χ1v) is 12.9. The maximum absolute atomic E-state index is 13.3. The van der Waals surface area contributed by atoms with Gasteiger partial charge in [-0.15, -0.1) is 0 Å². The number of hydrogen-bond donors (Lipinski definition) is 0. The zero-order valence-corrected chi connectivity index (χ0v) is 20.2. The molecule has 0 bridgehead atoms. The van der Waals surface area contributed by atoms with Crippen molar-refractivity contribution in [2.24, 2.45) is 5.92 Å². The van der Waals surface area contributed by atoms with Gasteiger partial charge in [0.15, 0.2) is 5.78 Å². The fraction of sp³-hybridized carbons (Fsp3) is 0.552. The number of unbranched alkanes of at least 4 members (excludes halogenated alkanes) is 4. The fourth-order valence-electron chi connectivity index (χ4n) is 5.28. The summed E-state index contributed by atoms with van der Waals surface area (Å²) in [6.07, 6.45) is 15.3. The highest BCUT2D eigenvalue weighted by atomic mass is 35.5. The Morgan fingerprint density at radius 3 is 2.52 bits per heavy atom. The summed E-state index contributed by atoms with van der Waals surface area (Å²) in [5, 5.41) is 0.739. The molecule has 168 valence electrons. The van der Waals surface area contributed by atoms with Crippen LogP contribution in [0.4, 0.5) is 0 Å². The van der Waals surface area contributed by atoms with Gasteiger partial charge in [-0.3, -0.25) is 4.79 Å². The average molecular weight is 439 g/mol. The van der Waals surface area contributed by atoms with Crippen molar-refractivity contribution in [2.45, 2.75) is 96.8 Å². The number of carbonyl (C=O) groups excluding carboxylic acids is 1. The molecule has 2 aromatic rings. The van der Waals surface area contributed by atoms with Gasteiger partial charge >= 0.3 is 0 Å². The van der Waals surface area contributed by atoms with Crippen LogP contribution in [0.25, 0.3) is 0 Å². The van der Waals surface area contributed by atoms with E-state index in [2.05, 4.69) is 26.0 Å². The van der Waals surface area contributed by atoms with Gasteiger partial charge in [-0.2, -0.15) is 0 Å². The first-order valence-electron chi connectivity index (χ1n) is 12.6. The zero-order chi connectivity index (χ0) is 22.1. The van der Waals surface area contributed by atoms with E-state index >= 15 is 0 Å². The van der Waals surface area contributed by atoms with Gasteiger partial charge in [0.25, 0.3) is 0 Å². The van der Waals surface area contributed by atoms with Crippen molar-refractivity contribution in [1.29, 1.82) is 0 Å². The Morgan fingerprint density at radius 1 is 0.935 bits per heavy atom. The van der Waals surface area contributed by atoms with E-state index in [0.717, 1.165) is 46.9 Å².